The quantitative estimate of drug-likeness (QED) is 0.0289. The predicted octanol–water partition coefficient (Wildman–Crippen LogP) is -3.72. The summed E-state index contributed by atoms with van der Waals surface area (Å²) >= 11 is 0. The predicted molar refractivity (Wildman–Crippen MR) is 219 cm³/mol. The van der Waals surface area contributed by atoms with Gasteiger partial charge in [0.1, 0.15) is 42.3 Å². The molecule has 24 heteroatoms. The van der Waals surface area contributed by atoms with Crippen molar-refractivity contribution in [3.8, 4) is 0 Å². The third-order valence-electron chi connectivity index (χ3n) is 9.23. The first-order valence-corrected chi connectivity index (χ1v) is 20.5. The van der Waals surface area contributed by atoms with Crippen molar-refractivity contribution >= 4 is 59.3 Å². The van der Waals surface area contributed by atoms with Crippen molar-refractivity contribution in [1.82, 2.24) is 37.2 Å². The normalized spacial score (nSPS) is 15.5. The number of hydrogen-bond donors (Lipinski definition) is 14. The Morgan fingerprint density at radius 1 is 0.452 bits per heavy atom. The van der Waals surface area contributed by atoms with Crippen LogP contribution in [0.25, 0.3) is 0 Å². The lowest BCUT2D eigenvalue weighted by molar-refractivity contribution is -0.144. The van der Waals surface area contributed by atoms with Crippen molar-refractivity contribution in [3.63, 3.8) is 0 Å². The fourth-order valence-corrected chi connectivity index (χ4v) is 5.92. The minimum Gasteiger partial charge on any atom is -0.481 e. The molecule has 0 fully saturated rings. The monoisotopic (exact) mass is 889 g/mol. The Bertz CT molecular complexity index is 1530. The van der Waals surface area contributed by atoms with Crippen molar-refractivity contribution in [1.29, 1.82) is 0 Å². The van der Waals surface area contributed by atoms with Gasteiger partial charge in [-0.3, -0.25) is 43.2 Å². The maximum absolute atomic E-state index is 13.8. The summed E-state index contributed by atoms with van der Waals surface area (Å²) in [6.07, 6.45) is -4.00. The van der Waals surface area contributed by atoms with E-state index in [-0.39, 0.29) is 38.3 Å². The van der Waals surface area contributed by atoms with E-state index in [0.29, 0.717) is 25.7 Å². The minimum absolute atomic E-state index is 0.0112. The zero-order valence-corrected chi connectivity index (χ0v) is 35.9. The molecule has 0 unspecified atom stereocenters. The summed E-state index contributed by atoms with van der Waals surface area (Å²) in [6, 6.07) is -10.8. The van der Waals surface area contributed by atoms with Gasteiger partial charge in [-0.05, 0) is 90.6 Å². The van der Waals surface area contributed by atoms with Crippen LogP contribution in [0, 0.1) is 5.92 Å². The van der Waals surface area contributed by atoms with Crippen molar-refractivity contribution in [2.24, 2.45) is 17.4 Å². The number of unbranched alkanes of at least 4 members (excludes halogenated alkanes) is 2. The third kappa shape index (κ3) is 22.9. The maximum atomic E-state index is 13.8. The van der Waals surface area contributed by atoms with E-state index in [1.807, 2.05) is 19.2 Å². The van der Waals surface area contributed by atoms with E-state index in [9.17, 15) is 68.4 Å². The van der Waals surface area contributed by atoms with E-state index in [2.05, 4.69) is 31.9 Å². The van der Waals surface area contributed by atoms with Crippen molar-refractivity contribution in [2.75, 3.05) is 13.1 Å². The topological polar surface area (TPSA) is 408 Å². The summed E-state index contributed by atoms with van der Waals surface area (Å²) in [6.45, 7) is 7.60. The minimum atomic E-state index is -1.89. The fourth-order valence-electron chi connectivity index (χ4n) is 5.92. The number of carboxylic acids is 3. The zero-order valence-electron chi connectivity index (χ0n) is 35.9. The first kappa shape index (κ1) is 56.5. The van der Waals surface area contributed by atoms with Gasteiger partial charge in [0.15, 0.2) is 0 Å². The van der Waals surface area contributed by atoms with Crippen LogP contribution in [0.5, 0.6) is 0 Å². The Labute approximate surface area is 359 Å². The Kier molecular flexibility index (Phi) is 27.1. The molecule has 62 heavy (non-hydrogen) atoms. The fraction of sp³-hybridized carbons (Fsp3) is 0.737. The third-order valence-corrected chi connectivity index (χ3v) is 9.23. The number of aliphatic hydroxyl groups excluding tert-OH is 2. The van der Waals surface area contributed by atoms with Gasteiger partial charge < -0.3 is 74.2 Å². The molecule has 0 spiro atoms. The highest BCUT2D eigenvalue weighted by atomic mass is 16.4. The number of carbonyl (C=O) groups excluding carboxylic acids is 7. The number of carbonyl (C=O) groups is 10. The summed E-state index contributed by atoms with van der Waals surface area (Å²) in [4.78, 5) is 127. The molecule has 0 aromatic carbocycles. The van der Waals surface area contributed by atoms with E-state index >= 15 is 0 Å². The van der Waals surface area contributed by atoms with E-state index in [4.69, 9.17) is 16.6 Å². The van der Waals surface area contributed by atoms with Crippen LogP contribution in [0.2, 0.25) is 0 Å². The highest BCUT2D eigenvalue weighted by Crippen LogP contribution is 2.11. The number of hydrogen-bond acceptors (Lipinski definition) is 14. The second kappa shape index (κ2) is 29.7. The molecule has 0 aliphatic rings. The number of aliphatic carboxylic acids is 3. The van der Waals surface area contributed by atoms with Crippen LogP contribution in [0.3, 0.4) is 0 Å². The molecule has 0 saturated heterocycles. The highest BCUT2D eigenvalue weighted by molar-refractivity contribution is 5.97. The molecule has 0 heterocycles. The van der Waals surface area contributed by atoms with Gasteiger partial charge in [0.05, 0.1) is 12.2 Å². The molecule has 16 N–H and O–H groups in total. The van der Waals surface area contributed by atoms with E-state index in [0.717, 1.165) is 13.8 Å². The van der Waals surface area contributed by atoms with E-state index in [1.54, 1.807) is 0 Å². The van der Waals surface area contributed by atoms with Gasteiger partial charge in [-0.15, -0.1) is 0 Å². The maximum Gasteiger partial charge on any atom is 0.326 e. The number of nitrogens with one attached hydrogen (secondary N) is 7. The molecule has 24 nitrogen and oxygen atoms in total. The van der Waals surface area contributed by atoms with Crippen LogP contribution in [0.4, 0.5) is 0 Å². The summed E-state index contributed by atoms with van der Waals surface area (Å²) in [5.74, 6) is -11.0. The SMILES string of the molecule is CC(=O)N[C@@H](CC(C)C)C(=O)N[C@@H](CCCCN)C(=O)N[C@@H](CCCCN)C(=O)N[C@H](C(=O)N[C@@H](CCC(=O)O)C(=O)N[C@H](C(=O)N[C@@H](CCC(=O)O)C(=O)O)[C@@H](C)O)[C@@H](C)O. The van der Waals surface area contributed by atoms with Crippen molar-refractivity contribution in [3.05, 3.63) is 0 Å². The molecule has 0 bridgehead atoms. The van der Waals surface area contributed by atoms with Crippen LogP contribution < -0.4 is 48.7 Å². The lowest BCUT2D eigenvalue weighted by Crippen LogP contribution is -2.62. The lowest BCUT2D eigenvalue weighted by Gasteiger charge is -2.29. The second-order valence-corrected chi connectivity index (χ2v) is 15.4. The zero-order chi connectivity index (χ0) is 47.7. The van der Waals surface area contributed by atoms with Crippen LogP contribution in [-0.4, -0.2) is 152 Å². The molecule has 0 aliphatic carbocycles. The number of nitrogens with two attached hydrogens (primary N) is 2. The lowest BCUT2D eigenvalue weighted by atomic mass is 10.0. The summed E-state index contributed by atoms with van der Waals surface area (Å²) in [7, 11) is 0. The van der Waals surface area contributed by atoms with Gasteiger partial charge in [-0.25, -0.2) is 4.79 Å². The number of carboxylic acid groups (broad SMARTS) is 3. The molecule has 0 rings (SSSR count). The van der Waals surface area contributed by atoms with Gasteiger partial charge in [-0.2, -0.15) is 0 Å². The van der Waals surface area contributed by atoms with Crippen LogP contribution in [-0.2, 0) is 47.9 Å². The average Bonchev–Trinajstić information content (AvgIpc) is 3.16. The molecule has 0 saturated carbocycles. The standard InChI is InChI=1S/C38H67N9O15/c1-19(2)18-27(41-22(5)50)35(58)43-23(10-6-8-16-39)32(55)42-24(11-7-9-17-40)33(56)46-30(20(3)48)36(59)44-25(12-14-28(51)52)34(57)47-31(21(4)49)37(60)45-26(38(61)62)13-15-29(53)54/h19-21,23-27,30-31,48-49H,6-18,39-40H2,1-5H3,(H,41,50)(H,42,55)(H,43,58)(H,44,59)(H,45,60)(H,46,56)(H,47,57)(H,51,52)(H,53,54)(H,61,62)/t20-,21-,23+,24+,25+,26+,27+,30+,31+/m1/s1. The van der Waals surface area contributed by atoms with E-state index < -0.39 is 139 Å². The molecule has 0 radical (unpaired) electrons. The molecule has 0 aromatic rings. The van der Waals surface area contributed by atoms with Crippen LogP contribution >= 0.6 is 0 Å². The largest absolute Gasteiger partial charge is 0.481 e. The van der Waals surface area contributed by atoms with Gasteiger partial charge in [0.25, 0.3) is 0 Å². The summed E-state index contributed by atoms with van der Waals surface area (Å²) in [5.41, 5.74) is 11.3. The first-order valence-electron chi connectivity index (χ1n) is 20.5. The Morgan fingerprint density at radius 3 is 1.13 bits per heavy atom. The molecule has 0 aliphatic heterocycles. The van der Waals surface area contributed by atoms with Gasteiger partial charge in [0.2, 0.25) is 41.4 Å². The van der Waals surface area contributed by atoms with Crippen LogP contribution in [0.15, 0.2) is 0 Å². The van der Waals surface area contributed by atoms with Gasteiger partial charge >= 0.3 is 17.9 Å². The Hall–Kier alpha value is -5.46. The van der Waals surface area contributed by atoms with Crippen LogP contribution in [0.1, 0.15) is 105 Å². The average molecular weight is 890 g/mol. The Morgan fingerprint density at radius 2 is 0.790 bits per heavy atom. The van der Waals surface area contributed by atoms with Gasteiger partial charge in [0, 0.05) is 19.8 Å². The summed E-state index contributed by atoms with van der Waals surface area (Å²) in [5, 5.41) is 65.1. The number of amides is 7. The second-order valence-electron chi connectivity index (χ2n) is 15.4. The molecule has 9 atom stereocenters. The first-order chi connectivity index (χ1) is 28.9. The number of aliphatic hydroxyl groups is 2. The molecular weight excluding hydrogens is 822 g/mol. The molecule has 7 amide bonds. The Balaban J connectivity index is 6.46. The molecule has 0 aromatic heterocycles. The van der Waals surface area contributed by atoms with E-state index in [1.165, 1.54) is 6.92 Å². The smallest absolute Gasteiger partial charge is 0.326 e. The number of rotatable bonds is 32. The van der Waals surface area contributed by atoms with Crippen molar-refractivity contribution in [2.45, 2.75) is 160 Å². The van der Waals surface area contributed by atoms with Crippen molar-refractivity contribution < 1.29 is 73.5 Å². The summed E-state index contributed by atoms with van der Waals surface area (Å²) < 4.78 is 0. The molecule has 354 valence electrons. The highest BCUT2D eigenvalue weighted by Gasteiger charge is 2.36. The van der Waals surface area contributed by atoms with Gasteiger partial charge in [-0.1, -0.05) is 13.8 Å². The molecular formula is C38H67N9O15.